The number of hydrogen-bond donors (Lipinski definition) is 2. The van der Waals surface area contributed by atoms with Gasteiger partial charge in [0.2, 0.25) is 0 Å². The molecule has 7 nitrogen and oxygen atoms in total. The number of amides is 1. The number of piperazine rings is 1. The quantitative estimate of drug-likeness (QED) is 0.760. The number of nitrogens with one attached hydrogen (secondary N) is 1. The number of carboxylic acids is 1. The Bertz CT molecular complexity index is 1050. The normalized spacial score (nSPS) is 21.1. The Morgan fingerprint density at radius 1 is 1.03 bits per heavy atom. The monoisotopic (exact) mass is 405 g/mol. The van der Waals surface area contributed by atoms with E-state index in [-0.39, 0.29) is 12.5 Å². The minimum atomic E-state index is -0.773. The molecule has 1 fully saturated rings. The van der Waals surface area contributed by atoms with Gasteiger partial charge in [-0.2, -0.15) is 0 Å². The van der Waals surface area contributed by atoms with Crippen LogP contribution in [0.2, 0.25) is 0 Å². The zero-order chi connectivity index (χ0) is 20.7. The highest BCUT2D eigenvalue weighted by Gasteiger charge is 2.32. The molecule has 0 radical (unpaired) electrons. The average molecular weight is 405 g/mol. The van der Waals surface area contributed by atoms with Crippen molar-refractivity contribution >= 4 is 28.9 Å². The van der Waals surface area contributed by atoms with E-state index < -0.39 is 5.97 Å². The number of benzene rings is 2. The molecule has 3 heterocycles. The van der Waals surface area contributed by atoms with Crippen molar-refractivity contribution in [3.8, 4) is 0 Å². The zero-order valence-corrected chi connectivity index (χ0v) is 16.6. The predicted molar refractivity (Wildman–Crippen MR) is 112 cm³/mol. The van der Waals surface area contributed by atoms with Crippen LogP contribution in [0.25, 0.3) is 11.3 Å². The van der Waals surface area contributed by atoms with Gasteiger partial charge in [0.15, 0.2) is 0 Å². The van der Waals surface area contributed by atoms with Crippen LogP contribution in [0.1, 0.15) is 22.3 Å². The molecule has 0 aromatic heterocycles. The van der Waals surface area contributed by atoms with Crippen LogP contribution in [0.3, 0.4) is 0 Å². The first-order valence-electron chi connectivity index (χ1n) is 10.1. The molecule has 0 atom stereocenters. The smallest absolute Gasteiger partial charge is 0.317 e. The fraction of sp³-hybridized carbons (Fsp3) is 0.304. The Morgan fingerprint density at radius 2 is 1.80 bits per heavy atom. The van der Waals surface area contributed by atoms with Crippen LogP contribution in [-0.2, 0) is 27.5 Å². The SMILES string of the molecule is O=C(O)CN1CCN(Cc2ccc3c(c2)CO/C3=C2/C(=O)Nc3ccccc32)CC1. The number of nitrogens with zero attached hydrogens (tertiary/aromatic N) is 2. The minimum Gasteiger partial charge on any atom is -0.487 e. The second kappa shape index (κ2) is 7.59. The lowest BCUT2D eigenvalue weighted by molar-refractivity contribution is -0.138. The Balaban J connectivity index is 1.33. The topological polar surface area (TPSA) is 82.1 Å². The number of carbonyl (C=O) groups excluding carboxylic acids is 1. The lowest BCUT2D eigenvalue weighted by Crippen LogP contribution is -2.47. The van der Waals surface area contributed by atoms with Crippen molar-refractivity contribution in [1.29, 1.82) is 0 Å². The van der Waals surface area contributed by atoms with Crippen LogP contribution in [-0.4, -0.2) is 59.5 Å². The maximum absolute atomic E-state index is 12.6. The van der Waals surface area contributed by atoms with Crippen LogP contribution in [0.5, 0.6) is 0 Å². The summed E-state index contributed by atoms with van der Waals surface area (Å²) in [6.45, 7) is 4.64. The number of rotatable bonds is 4. The molecule has 1 amide bonds. The molecule has 1 saturated heterocycles. The second-order valence-electron chi connectivity index (χ2n) is 7.93. The van der Waals surface area contributed by atoms with Gasteiger partial charge in [-0.15, -0.1) is 0 Å². The molecule has 2 aromatic rings. The molecule has 7 heteroatoms. The third kappa shape index (κ3) is 3.46. The second-order valence-corrected chi connectivity index (χ2v) is 7.93. The van der Waals surface area contributed by atoms with Crippen molar-refractivity contribution in [2.45, 2.75) is 13.2 Å². The van der Waals surface area contributed by atoms with E-state index in [1.807, 2.05) is 29.2 Å². The number of fused-ring (bicyclic) bond motifs is 2. The van der Waals surface area contributed by atoms with Crippen molar-refractivity contribution in [3.05, 3.63) is 64.7 Å². The van der Waals surface area contributed by atoms with Crippen LogP contribution < -0.4 is 5.32 Å². The van der Waals surface area contributed by atoms with Crippen molar-refractivity contribution in [2.24, 2.45) is 0 Å². The van der Waals surface area contributed by atoms with Crippen LogP contribution >= 0.6 is 0 Å². The van der Waals surface area contributed by atoms with Gasteiger partial charge in [0, 0.05) is 55.1 Å². The molecule has 30 heavy (non-hydrogen) atoms. The largest absolute Gasteiger partial charge is 0.487 e. The van der Waals surface area contributed by atoms with Gasteiger partial charge >= 0.3 is 5.97 Å². The predicted octanol–water partition coefficient (Wildman–Crippen LogP) is 2.24. The molecule has 154 valence electrons. The van der Waals surface area contributed by atoms with E-state index in [0.717, 1.165) is 55.1 Å². The summed E-state index contributed by atoms with van der Waals surface area (Å²) < 4.78 is 5.97. The van der Waals surface area contributed by atoms with Crippen molar-refractivity contribution in [3.63, 3.8) is 0 Å². The number of aliphatic carboxylic acids is 1. The van der Waals surface area contributed by atoms with Gasteiger partial charge in [-0.05, 0) is 11.6 Å². The van der Waals surface area contributed by atoms with Crippen LogP contribution in [0.15, 0.2) is 42.5 Å². The molecule has 5 rings (SSSR count). The van der Waals surface area contributed by atoms with E-state index in [1.165, 1.54) is 5.56 Å². The van der Waals surface area contributed by atoms with Gasteiger partial charge in [0.25, 0.3) is 5.91 Å². The van der Waals surface area contributed by atoms with E-state index in [0.29, 0.717) is 17.9 Å². The molecule has 0 saturated carbocycles. The highest BCUT2D eigenvalue weighted by molar-refractivity contribution is 6.36. The van der Waals surface area contributed by atoms with E-state index in [9.17, 15) is 9.59 Å². The Hall–Kier alpha value is -3.16. The number of hydrogen-bond acceptors (Lipinski definition) is 5. The molecular weight excluding hydrogens is 382 g/mol. The van der Waals surface area contributed by atoms with Crippen molar-refractivity contribution < 1.29 is 19.4 Å². The van der Waals surface area contributed by atoms with Gasteiger partial charge < -0.3 is 15.2 Å². The summed E-state index contributed by atoms with van der Waals surface area (Å²) in [5.74, 6) is -0.241. The highest BCUT2D eigenvalue weighted by atomic mass is 16.5. The summed E-state index contributed by atoms with van der Waals surface area (Å²) in [7, 11) is 0. The van der Waals surface area contributed by atoms with Gasteiger partial charge in [0.1, 0.15) is 12.4 Å². The zero-order valence-electron chi connectivity index (χ0n) is 16.6. The molecule has 0 bridgehead atoms. The van der Waals surface area contributed by atoms with Gasteiger partial charge in [-0.1, -0.05) is 36.4 Å². The summed E-state index contributed by atoms with van der Waals surface area (Å²) in [4.78, 5) is 27.7. The number of carbonyl (C=O) groups is 2. The molecule has 3 aliphatic rings. The summed E-state index contributed by atoms with van der Waals surface area (Å²) in [6, 6.07) is 14.0. The van der Waals surface area contributed by atoms with E-state index in [1.54, 1.807) is 0 Å². The number of carboxylic acid groups (broad SMARTS) is 1. The maximum atomic E-state index is 12.6. The summed E-state index contributed by atoms with van der Waals surface area (Å²) in [5.41, 5.74) is 5.58. The lowest BCUT2D eigenvalue weighted by Gasteiger charge is -2.33. The molecule has 2 N–H and O–H groups in total. The number of ether oxygens (including phenoxy) is 1. The molecule has 0 aliphatic carbocycles. The summed E-state index contributed by atoms with van der Waals surface area (Å²) >= 11 is 0. The Labute approximate surface area is 174 Å². The van der Waals surface area contributed by atoms with E-state index in [4.69, 9.17) is 9.84 Å². The first-order chi connectivity index (χ1) is 14.6. The van der Waals surface area contributed by atoms with Crippen LogP contribution in [0.4, 0.5) is 5.69 Å². The fourth-order valence-electron chi connectivity index (χ4n) is 4.42. The minimum absolute atomic E-state index is 0.109. The standard InChI is InChI=1S/C23H23N3O4/c27-20(28)13-26-9-7-25(8-10-26)12-15-5-6-17-16(11-15)14-30-22(17)21-18-3-1-2-4-19(18)24-23(21)29/h1-6,11H,7-10,12-14H2,(H,24,29)(H,27,28)/b22-21+. The fourth-order valence-corrected chi connectivity index (χ4v) is 4.42. The first-order valence-corrected chi connectivity index (χ1v) is 10.1. The first kappa shape index (κ1) is 18.8. The molecular formula is C23H23N3O4. The maximum Gasteiger partial charge on any atom is 0.317 e. The van der Waals surface area contributed by atoms with E-state index in [2.05, 4.69) is 28.4 Å². The summed E-state index contributed by atoms with van der Waals surface area (Å²) in [5, 5.41) is 11.8. The van der Waals surface area contributed by atoms with E-state index >= 15 is 0 Å². The van der Waals surface area contributed by atoms with Crippen molar-refractivity contribution in [1.82, 2.24) is 9.80 Å². The third-order valence-electron chi connectivity index (χ3n) is 5.91. The molecule has 0 unspecified atom stereocenters. The van der Waals surface area contributed by atoms with Gasteiger partial charge in [-0.3, -0.25) is 19.4 Å². The summed E-state index contributed by atoms with van der Waals surface area (Å²) in [6.07, 6.45) is 0. The van der Waals surface area contributed by atoms with Crippen LogP contribution in [0, 0.1) is 0 Å². The Morgan fingerprint density at radius 3 is 2.60 bits per heavy atom. The molecule has 2 aromatic carbocycles. The molecule has 0 spiro atoms. The van der Waals surface area contributed by atoms with Gasteiger partial charge in [-0.25, -0.2) is 0 Å². The molecule has 3 aliphatic heterocycles. The highest BCUT2D eigenvalue weighted by Crippen LogP contribution is 2.41. The average Bonchev–Trinajstić information content (AvgIpc) is 3.28. The van der Waals surface area contributed by atoms with Gasteiger partial charge in [0.05, 0.1) is 12.1 Å². The third-order valence-corrected chi connectivity index (χ3v) is 5.91. The number of para-hydroxylation sites is 1. The Kier molecular flexibility index (Phi) is 4.77. The lowest BCUT2D eigenvalue weighted by atomic mass is 9.99. The van der Waals surface area contributed by atoms with Crippen molar-refractivity contribution in [2.75, 3.05) is 38.0 Å². The number of anilines is 1.